The Bertz CT molecular complexity index is 434. The van der Waals surface area contributed by atoms with Crippen molar-refractivity contribution in [2.24, 2.45) is 5.73 Å². The fourth-order valence-electron chi connectivity index (χ4n) is 1.78. The van der Waals surface area contributed by atoms with Crippen molar-refractivity contribution in [3.63, 3.8) is 0 Å². The van der Waals surface area contributed by atoms with E-state index >= 15 is 0 Å². The van der Waals surface area contributed by atoms with Gasteiger partial charge in [0.25, 0.3) is 0 Å². The van der Waals surface area contributed by atoms with Gasteiger partial charge in [-0.05, 0) is 42.4 Å². The number of thioether (sulfide) groups is 1. The molecule has 1 unspecified atom stereocenters. The van der Waals surface area contributed by atoms with E-state index in [4.69, 9.17) is 15.6 Å². The largest absolute Gasteiger partial charge is 0.496 e. The molecule has 0 bridgehead atoms. The second kappa shape index (κ2) is 6.66. The van der Waals surface area contributed by atoms with Crippen molar-refractivity contribution in [3.05, 3.63) is 23.3 Å². The molecule has 18 heavy (non-hydrogen) atoms. The van der Waals surface area contributed by atoms with E-state index in [9.17, 15) is 4.79 Å². The number of hydrogen-bond acceptors (Lipinski definition) is 4. The molecule has 5 heteroatoms. The lowest BCUT2D eigenvalue weighted by Crippen LogP contribution is -2.32. The van der Waals surface area contributed by atoms with Gasteiger partial charge in [-0.2, -0.15) is 0 Å². The zero-order chi connectivity index (χ0) is 13.7. The summed E-state index contributed by atoms with van der Waals surface area (Å²) in [6.45, 7) is 2.06. The van der Waals surface area contributed by atoms with Crippen LogP contribution in [0, 0.1) is 0 Å². The molecule has 1 atom stereocenters. The number of benzene rings is 1. The Balaban J connectivity index is 3.13. The van der Waals surface area contributed by atoms with Crippen LogP contribution in [-0.4, -0.2) is 30.5 Å². The van der Waals surface area contributed by atoms with Gasteiger partial charge in [-0.3, -0.25) is 4.79 Å². The molecule has 1 aromatic carbocycles. The van der Waals surface area contributed by atoms with Crippen LogP contribution in [0.15, 0.2) is 17.0 Å². The number of rotatable bonds is 6. The monoisotopic (exact) mass is 269 g/mol. The van der Waals surface area contributed by atoms with Crippen molar-refractivity contribution in [3.8, 4) is 5.75 Å². The summed E-state index contributed by atoms with van der Waals surface area (Å²) in [5.41, 5.74) is 7.63. The van der Waals surface area contributed by atoms with Crippen LogP contribution in [0.4, 0.5) is 0 Å². The van der Waals surface area contributed by atoms with Crippen LogP contribution in [-0.2, 0) is 17.6 Å². The highest BCUT2D eigenvalue weighted by Crippen LogP contribution is 2.30. The maximum Gasteiger partial charge on any atom is 0.320 e. The summed E-state index contributed by atoms with van der Waals surface area (Å²) < 4.78 is 5.32. The molecular weight excluding hydrogens is 250 g/mol. The summed E-state index contributed by atoms with van der Waals surface area (Å²) in [5.74, 6) is -0.191. The van der Waals surface area contributed by atoms with Crippen molar-refractivity contribution in [1.29, 1.82) is 0 Å². The Labute approximate surface area is 112 Å². The number of carbonyl (C=O) groups is 1. The third-order valence-corrected chi connectivity index (χ3v) is 3.64. The zero-order valence-electron chi connectivity index (χ0n) is 10.9. The molecule has 0 aliphatic carbocycles. The minimum absolute atomic E-state index is 0.311. The summed E-state index contributed by atoms with van der Waals surface area (Å²) >= 11 is 1.59. The number of ether oxygens (including phenoxy) is 1. The SMILES string of the molecule is CCc1cc(SC)c(CC(N)C(=O)O)cc1OC. The lowest BCUT2D eigenvalue weighted by atomic mass is 10.0. The third-order valence-electron chi connectivity index (χ3n) is 2.82. The normalized spacial score (nSPS) is 12.2. The Morgan fingerprint density at radius 1 is 1.50 bits per heavy atom. The van der Waals surface area contributed by atoms with E-state index in [-0.39, 0.29) is 0 Å². The highest BCUT2D eigenvalue weighted by Gasteiger charge is 2.16. The van der Waals surface area contributed by atoms with Crippen LogP contribution in [0.2, 0.25) is 0 Å². The maximum atomic E-state index is 10.8. The van der Waals surface area contributed by atoms with Gasteiger partial charge in [-0.1, -0.05) is 6.92 Å². The molecule has 0 spiro atoms. The van der Waals surface area contributed by atoms with E-state index in [2.05, 4.69) is 6.92 Å². The molecule has 0 saturated carbocycles. The first-order valence-electron chi connectivity index (χ1n) is 5.75. The van der Waals surface area contributed by atoms with Gasteiger partial charge < -0.3 is 15.6 Å². The van der Waals surface area contributed by atoms with Crippen molar-refractivity contribution in [1.82, 2.24) is 0 Å². The predicted molar refractivity (Wildman–Crippen MR) is 73.5 cm³/mol. The van der Waals surface area contributed by atoms with Crippen LogP contribution in [0.25, 0.3) is 0 Å². The van der Waals surface area contributed by atoms with Gasteiger partial charge in [-0.25, -0.2) is 0 Å². The molecule has 1 rings (SSSR count). The van der Waals surface area contributed by atoms with E-state index in [0.29, 0.717) is 6.42 Å². The molecule has 0 amide bonds. The van der Waals surface area contributed by atoms with Gasteiger partial charge >= 0.3 is 5.97 Å². The van der Waals surface area contributed by atoms with Crippen LogP contribution >= 0.6 is 11.8 Å². The predicted octanol–water partition coefficient (Wildman–Crippen LogP) is 1.93. The van der Waals surface area contributed by atoms with Crippen LogP contribution in [0.5, 0.6) is 5.75 Å². The standard InChI is InChI=1S/C13H19NO3S/c1-4-8-7-12(18-3)9(6-11(8)17-2)5-10(14)13(15)16/h6-7,10H,4-5,14H2,1-3H3,(H,15,16). The molecule has 0 aromatic heterocycles. The number of carboxylic acid groups (broad SMARTS) is 1. The number of carboxylic acids is 1. The van der Waals surface area contributed by atoms with E-state index in [1.807, 2.05) is 18.4 Å². The minimum Gasteiger partial charge on any atom is -0.496 e. The van der Waals surface area contributed by atoms with Gasteiger partial charge in [0.2, 0.25) is 0 Å². The number of aryl methyl sites for hydroxylation is 1. The van der Waals surface area contributed by atoms with Crippen molar-refractivity contribution < 1.29 is 14.6 Å². The quantitative estimate of drug-likeness (QED) is 0.772. The lowest BCUT2D eigenvalue weighted by molar-refractivity contribution is -0.138. The van der Waals surface area contributed by atoms with Crippen molar-refractivity contribution in [2.75, 3.05) is 13.4 Å². The fraction of sp³-hybridized carbons (Fsp3) is 0.462. The minimum atomic E-state index is -0.986. The Hall–Kier alpha value is -1.20. The molecular formula is C13H19NO3S. The summed E-state index contributed by atoms with van der Waals surface area (Å²) in [4.78, 5) is 11.9. The van der Waals surface area contributed by atoms with Gasteiger partial charge in [0.15, 0.2) is 0 Å². The van der Waals surface area contributed by atoms with Crippen LogP contribution in [0.3, 0.4) is 0 Å². The van der Waals surface area contributed by atoms with E-state index in [0.717, 1.165) is 28.2 Å². The topological polar surface area (TPSA) is 72.6 Å². The summed E-state index contributed by atoms with van der Waals surface area (Å²) in [7, 11) is 1.62. The molecule has 0 fully saturated rings. The highest BCUT2D eigenvalue weighted by molar-refractivity contribution is 7.98. The first-order chi connectivity index (χ1) is 8.53. The van der Waals surface area contributed by atoms with E-state index in [1.54, 1.807) is 18.9 Å². The second-order valence-corrected chi connectivity index (χ2v) is 4.83. The molecule has 0 aliphatic heterocycles. The third kappa shape index (κ3) is 3.40. The molecule has 0 aliphatic rings. The first kappa shape index (κ1) is 14.9. The molecule has 0 heterocycles. The molecule has 3 N–H and O–H groups in total. The van der Waals surface area contributed by atoms with Gasteiger partial charge in [0.05, 0.1) is 7.11 Å². The van der Waals surface area contributed by atoms with Gasteiger partial charge in [0, 0.05) is 4.90 Å². The Morgan fingerprint density at radius 3 is 2.61 bits per heavy atom. The van der Waals surface area contributed by atoms with Crippen molar-refractivity contribution >= 4 is 17.7 Å². The Morgan fingerprint density at radius 2 is 2.17 bits per heavy atom. The number of nitrogens with two attached hydrogens (primary N) is 1. The maximum absolute atomic E-state index is 10.8. The zero-order valence-corrected chi connectivity index (χ0v) is 11.7. The number of aliphatic carboxylic acids is 1. The molecule has 4 nitrogen and oxygen atoms in total. The van der Waals surface area contributed by atoms with Gasteiger partial charge in [0.1, 0.15) is 11.8 Å². The lowest BCUT2D eigenvalue weighted by Gasteiger charge is -2.15. The smallest absolute Gasteiger partial charge is 0.320 e. The van der Waals surface area contributed by atoms with Crippen LogP contribution in [0.1, 0.15) is 18.1 Å². The summed E-state index contributed by atoms with van der Waals surface area (Å²) in [5, 5.41) is 8.87. The molecule has 0 radical (unpaired) electrons. The average molecular weight is 269 g/mol. The first-order valence-corrected chi connectivity index (χ1v) is 6.98. The van der Waals surface area contributed by atoms with E-state index < -0.39 is 12.0 Å². The number of methoxy groups -OCH3 is 1. The summed E-state index contributed by atoms with van der Waals surface area (Å²) in [6, 6.07) is 3.06. The Kier molecular flexibility index (Phi) is 5.50. The average Bonchev–Trinajstić information content (AvgIpc) is 2.37. The summed E-state index contributed by atoms with van der Waals surface area (Å²) in [6.07, 6.45) is 3.16. The van der Waals surface area contributed by atoms with Crippen molar-refractivity contribution in [2.45, 2.75) is 30.7 Å². The van der Waals surface area contributed by atoms with Gasteiger partial charge in [-0.15, -0.1) is 11.8 Å². The highest BCUT2D eigenvalue weighted by atomic mass is 32.2. The molecule has 0 saturated heterocycles. The number of hydrogen-bond donors (Lipinski definition) is 2. The fourth-order valence-corrected chi connectivity index (χ4v) is 2.45. The second-order valence-electron chi connectivity index (χ2n) is 3.98. The van der Waals surface area contributed by atoms with Crippen LogP contribution < -0.4 is 10.5 Å². The molecule has 100 valence electrons. The van der Waals surface area contributed by atoms with E-state index in [1.165, 1.54) is 0 Å². The molecule has 1 aromatic rings.